The highest BCUT2D eigenvalue weighted by Gasteiger charge is 2.36. The van der Waals surface area contributed by atoms with Gasteiger partial charge < -0.3 is 10.4 Å². The third kappa shape index (κ3) is 1.99. The van der Waals surface area contributed by atoms with Crippen LogP contribution in [0.2, 0.25) is 0 Å². The van der Waals surface area contributed by atoms with Crippen LogP contribution in [0, 0.1) is 0 Å². The summed E-state index contributed by atoms with van der Waals surface area (Å²) in [5.41, 5.74) is 0.318. The molecule has 2 N–H and O–H groups in total. The Morgan fingerprint density at radius 1 is 1.50 bits per heavy atom. The van der Waals surface area contributed by atoms with Crippen LogP contribution in [0.5, 0.6) is 0 Å². The molecule has 0 aromatic carbocycles. The Kier molecular flexibility index (Phi) is 2.49. The Bertz CT molecular complexity index is 416. The van der Waals surface area contributed by atoms with Crippen LogP contribution in [0.15, 0.2) is 10.7 Å². The van der Waals surface area contributed by atoms with Gasteiger partial charge in [0.1, 0.15) is 5.82 Å². The van der Waals surface area contributed by atoms with Gasteiger partial charge in [-0.3, -0.25) is 0 Å². The van der Waals surface area contributed by atoms with Crippen molar-refractivity contribution < 1.29 is 5.11 Å². The van der Waals surface area contributed by atoms with Crippen molar-refractivity contribution in [3.63, 3.8) is 0 Å². The van der Waals surface area contributed by atoms with Crippen molar-refractivity contribution in [3.05, 3.63) is 22.2 Å². The quantitative estimate of drug-likeness (QED) is 0.869. The monoisotopic (exact) mass is 283 g/mol. The van der Waals surface area contributed by atoms with E-state index in [1.165, 1.54) is 12.8 Å². The van der Waals surface area contributed by atoms with E-state index in [1.54, 1.807) is 0 Å². The first kappa shape index (κ1) is 10.6. The van der Waals surface area contributed by atoms with Crippen molar-refractivity contribution in [1.82, 2.24) is 15.3 Å². The van der Waals surface area contributed by atoms with Crippen LogP contribution in [0.25, 0.3) is 0 Å². The van der Waals surface area contributed by atoms with E-state index in [2.05, 4.69) is 31.2 Å². The molecule has 0 amide bonds. The zero-order valence-corrected chi connectivity index (χ0v) is 10.5. The van der Waals surface area contributed by atoms with Gasteiger partial charge in [-0.25, -0.2) is 9.97 Å². The molecule has 0 unspecified atom stereocenters. The molecule has 3 rings (SSSR count). The topological polar surface area (TPSA) is 58.0 Å². The van der Waals surface area contributed by atoms with E-state index in [9.17, 15) is 5.11 Å². The summed E-state index contributed by atoms with van der Waals surface area (Å²) in [4.78, 5) is 8.88. The van der Waals surface area contributed by atoms with Gasteiger partial charge in [-0.1, -0.05) is 0 Å². The highest BCUT2D eigenvalue weighted by Crippen LogP contribution is 2.38. The molecular weight excluding hydrogens is 270 g/mol. The number of rotatable bonds is 3. The largest absolute Gasteiger partial charge is 0.387 e. The fourth-order valence-electron chi connectivity index (χ4n) is 1.93. The average molecular weight is 284 g/mol. The zero-order chi connectivity index (χ0) is 11.2. The van der Waals surface area contributed by atoms with Crippen LogP contribution in [-0.4, -0.2) is 33.8 Å². The molecule has 5 heteroatoms. The van der Waals surface area contributed by atoms with Crippen molar-refractivity contribution in [3.8, 4) is 0 Å². The number of nitrogens with one attached hydrogen (secondary N) is 1. The van der Waals surface area contributed by atoms with E-state index in [1.807, 2.05) is 6.20 Å². The van der Waals surface area contributed by atoms with E-state index in [0.29, 0.717) is 25.4 Å². The van der Waals surface area contributed by atoms with Gasteiger partial charge in [0.2, 0.25) is 0 Å². The standard InChI is InChI=1S/C11H14BrN3O/c12-8-4-14-10(7-1-2-7)15-9(8)3-11(16)5-13-6-11/h4,7,13,16H,1-3,5-6H2. The molecule has 1 aliphatic heterocycles. The molecular formula is C11H14BrN3O. The van der Waals surface area contributed by atoms with Gasteiger partial charge >= 0.3 is 0 Å². The van der Waals surface area contributed by atoms with Gasteiger partial charge in [0.05, 0.1) is 15.8 Å². The van der Waals surface area contributed by atoms with Gasteiger partial charge in [-0.05, 0) is 28.8 Å². The summed E-state index contributed by atoms with van der Waals surface area (Å²) in [6, 6.07) is 0. The predicted molar refractivity (Wildman–Crippen MR) is 63.2 cm³/mol. The minimum Gasteiger partial charge on any atom is -0.387 e. The molecule has 0 spiro atoms. The second kappa shape index (κ2) is 3.75. The molecule has 1 aromatic heterocycles. The zero-order valence-electron chi connectivity index (χ0n) is 8.91. The van der Waals surface area contributed by atoms with Gasteiger partial charge in [-0.15, -0.1) is 0 Å². The predicted octanol–water partition coefficient (Wildman–Crippen LogP) is 0.993. The van der Waals surface area contributed by atoms with Gasteiger partial charge in [-0.2, -0.15) is 0 Å². The lowest BCUT2D eigenvalue weighted by Gasteiger charge is -2.37. The number of aliphatic hydroxyl groups is 1. The Labute approximate surface area is 103 Å². The summed E-state index contributed by atoms with van der Waals surface area (Å²) < 4.78 is 0.900. The van der Waals surface area contributed by atoms with Crippen LogP contribution < -0.4 is 5.32 Å². The Morgan fingerprint density at radius 2 is 2.25 bits per heavy atom. The summed E-state index contributed by atoms with van der Waals surface area (Å²) in [7, 11) is 0. The molecule has 1 aliphatic carbocycles. The lowest BCUT2D eigenvalue weighted by atomic mass is 9.91. The van der Waals surface area contributed by atoms with Gasteiger partial charge in [0, 0.05) is 31.6 Å². The number of nitrogens with zero attached hydrogens (tertiary/aromatic N) is 2. The average Bonchev–Trinajstić information content (AvgIpc) is 3.02. The van der Waals surface area contributed by atoms with Crippen LogP contribution in [0.1, 0.15) is 30.3 Å². The summed E-state index contributed by atoms with van der Waals surface area (Å²) in [6.07, 6.45) is 4.81. The maximum atomic E-state index is 10.1. The fourth-order valence-corrected chi connectivity index (χ4v) is 2.26. The molecule has 0 atom stereocenters. The number of hydrogen-bond acceptors (Lipinski definition) is 4. The molecule has 86 valence electrons. The normalized spacial score (nSPS) is 22.9. The van der Waals surface area contributed by atoms with E-state index in [4.69, 9.17) is 0 Å². The van der Waals surface area contributed by atoms with E-state index in [0.717, 1.165) is 16.0 Å². The number of aromatic nitrogens is 2. The minimum atomic E-state index is -0.613. The van der Waals surface area contributed by atoms with Crippen LogP contribution in [0.3, 0.4) is 0 Å². The van der Waals surface area contributed by atoms with Crippen molar-refractivity contribution in [2.75, 3.05) is 13.1 Å². The molecule has 1 saturated heterocycles. The SMILES string of the molecule is OC1(Cc2nc(C3CC3)ncc2Br)CNC1. The molecule has 0 radical (unpaired) electrons. The second-order valence-corrected chi connectivity index (χ2v) is 5.66. The number of hydrogen-bond donors (Lipinski definition) is 2. The smallest absolute Gasteiger partial charge is 0.131 e. The lowest BCUT2D eigenvalue weighted by Crippen LogP contribution is -2.60. The van der Waals surface area contributed by atoms with Crippen LogP contribution in [-0.2, 0) is 6.42 Å². The molecule has 1 aromatic rings. The molecule has 16 heavy (non-hydrogen) atoms. The van der Waals surface area contributed by atoms with Crippen molar-refractivity contribution in [2.45, 2.75) is 30.8 Å². The Hall–Kier alpha value is -0.520. The van der Waals surface area contributed by atoms with E-state index < -0.39 is 5.60 Å². The van der Waals surface area contributed by atoms with Gasteiger partial charge in [0.15, 0.2) is 0 Å². The summed E-state index contributed by atoms with van der Waals surface area (Å²) in [6.45, 7) is 1.31. The first-order chi connectivity index (χ1) is 7.66. The maximum absolute atomic E-state index is 10.1. The molecule has 2 fully saturated rings. The first-order valence-electron chi connectivity index (χ1n) is 5.61. The summed E-state index contributed by atoms with van der Waals surface area (Å²) in [5, 5.41) is 13.2. The molecule has 0 bridgehead atoms. The molecule has 4 nitrogen and oxygen atoms in total. The van der Waals surface area contributed by atoms with Crippen LogP contribution >= 0.6 is 15.9 Å². The summed E-state index contributed by atoms with van der Waals surface area (Å²) in [5.74, 6) is 1.50. The molecule has 1 saturated carbocycles. The Morgan fingerprint density at radius 3 is 2.81 bits per heavy atom. The van der Waals surface area contributed by atoms with Gasteiger partial charge in [0.25, 0.3) is 0 Å². The maximum Gasteiger partial charge on any atom is 0.131 e. The van der Waals surface area contributed by atoms with E-state index >= 15 is 0 Å². The third-order valence-corrected chi connectivity index (χ3v) is 3.84. The van der Waals surface area contributed by atoms with Crippen LogP contribution in [0.4, 0.5) is 0 Å². The van der Waals surface area contributed by atoms with Crippen molar-refractivity contribution in [2.24, 2.45) is 0 Å². The molecule has 2 heterocycles. The number of β-amino-alcohol motifs (C(OH)–C–C–N with tert-alkyl or cyclic N) is 1. The third-order valence-electron chi connectivity index (χ3n) is 3.18. The van der Waals surface area contributed by atoms with E-state index in [-0.39, 0.29) is 0 Å². The first-order valence-corrected chi connectivity index (χ1v) is 6.40. The van der Waals surface area contributed by atoms with Crippen molar-refractivity contribution >= 4 is 15.9 Å². The molecule has 2 aliphatic rings. The number of halogens is 1. The highest BCUT2D eigenvalue weighted by molar-refractivity contribution is 9.10. The second-order valence-electron chi connectivity index (χ2n) is 4.80. The minimum absolute atomic E-state index is 0.556. The van der Waals surface area contributed by atoms with Crippen molar-refractivity contribution in [1.29, 1.82) is 0 Å². The Balaban J connectivity index is 1.83. The lowest BCUT2D eigenvalue weighted by molar-refractivity contribution is -0.0100. The fraction of sp³-hybridized carbons (Fsp3) is 0.636. The summed E-state index contributed by atoms with van der Waals surface area (Å²) >= 11 is 3.45. The highest BCUT2D eigenvalue weighted by atomic mass is 79.9.